The normalized spacial score (nSPS) is 19.1. The van der Waals surface area contributed by atoms with Crippen molar-refractivity contribution in [3.63, 3.8) is 0 Å². The summed E-state index contributed by atoms with van der Waals surface area (Å²) >= 11 is 12.3. The van der Waals surface area contributed by atoms with E-state index < -0.39 is 0 Å². The van der Waals surface area contributed by atoms with Gasteiger partial charge in [0.05, 0.1) is 0 Å². The quantitative estimate of drug-likeness (QED) is 0.801. The second-order valence-electron chi connectivity index (χ2n) is 6.80. The molecule has 25 heavy (non-hydrogen) atoms. The Hall–Kier alpha value is -1.55. The molecule has 2 aromatic carbocycles. The minimum atomic E-state index is -0.0264. The van der Waals surface area contributed by atoms with Crippen LogP contribution in [0.4, 0.5) is 0 Å². The number of likely N-dealkylation sites (N-methyl/N-ethyl adjacent to an activating group) is 1. The number of rotatable bonds is 6. The number of nitrogens with one attached hydrogen (secondary N) is 1. The molecule has 2 aromatic rings. The maximum Gasteiger partial charge on any atom is 0.251 e. The molecule has 0 saturated heterocycles. The number of nitrogens with zero attached hydrogens (tertiary/aromatic N) is 1. The number of hydrogen-bond acceptors (Lipinski definition) is 2. The average Bonchev–Trinajstić information content (AvgIpc) is 3.35. The summed E-state index contributed by atoms with van der Waals surface area (Å²) in [6.07, 6.45) is 1.08. The fourth-order valence-corrected chi connectivity index (χ4v) is 3.63. The van der Waals surface area contributed by atoms with E-state index in [4.69, 9.17) is 23.2 Å². The lowest BCUT2D eigenvalue weighted by Gasteiger charge is -2.10. The van der Waals surface area contributed by atoms with Crippen molar-refractivity contribution in [3.05, 3.63) is 69.2 Å². The van der Waals surface area contributed by atoms with Gasteiger partial charge in [0, 0.05) is 28.7 Å². The summed E-state index contributed by atoms with van der Waals surface area (Å²) in [7, 11) is 3.97. The molecule has 0 aliphatic heterocycles. The van der Waals surface area contributed by atoms with Crippen LogP contribution < -0.4 is 5.32 Å². The van der Waals surface area contributed by atoms with E-state index in [9.17, 15) is 4.79 Å². The smallest absolute Gasteiger partial charge is 0.251 e. The summed E-state index contributed by atoms with van der Waals surface area (Å²) in [6, 6.07) is 13.6. The number of carbonyl (C=O) groups is 1. The van der Waals surface area contributed by atoms with Crippen LogP contribution in [0.5, 0.6) is 0 Å². The van der Waals surface area contributed by atoms with E-state index in [2.05, 4.69) is 17.4 Å². The SMILES string of the molecule is CN(C)CCNC(=O)c1ccc(C2C[C@H]2c2ccc(Cl)cc2Cl)cc1. The molecule has 1 amide bonds. The van der Waals surface area contributed by atoms with Crippen molar-refractivity contribution in [2.75, 3.05) is 27.2 Å². The summed E-state index contributed by atoms with van der Waals surface area (Å²) in [6.45, 7) is 1.47. The van der Waals surface area contributed by atoms with E-state index in [1.807, 2.05) is 43.3 Å². The molecular formula is C20H22Cl2N2O. The van der Waals surface area contributed by atoms with E-state index in [-0.39, 0.29) is 5.91 Å². The van der Waals surface area contributed by atoms with Crippen LogP contribution >= 0.6 is 23.2 Å². The highest BCUT2D eigenvalue weighted by atomic mass is 35.5. The lowest BCUT2D eigenvalue weighted by molar-refractivity contribution is 0.0951. The van der Waals surface area contributed by atoms with Gasteiger partial charge in [-0.1, -0.05) is 41.4 Å². The van der Waals surface area contributed by atoms with E-state index >= 15 is 0 Å². The molecule has 3 rings (SSSR count). The molecule has 0 bridgehead atoms. The fraction of sp³-hybridized carbons (Fsp3) is 0.350. The third-order valence-electron chi connectivity index (χ3n) is 4.60. The molecule has 0 spiro atoms. The Balaban J connectivity index is 1.61. The van der Waals surface area contributed by atoms with E-state index in [0.717, 1.165) is 23.6 Å². The van der Waals surface area contributed by atoms with Crippen LogP contribution in [0.1, 0.15) is 39.7 Å². The second-order valence-corrected chi connectivity index (χ2v) is 7.64. The van der Waals surface area contributed by atoms with Gasteiger partial charge in [0.1, 0.15) is 0 Å². The van der Waals surface area contributed by atoms with Gasteiger partial charge in [0.15, 0.2) is 0 Å². The van der Waals surface area contributed by atoms with Gasteiger partial charge in [-0.25, -0.2) is 0 Å². The Bertz CT molecular complexity index is 759. The van der Waals surface area contributed by atoms with Crippen molar-refractivity contribution in [2.24, 2.45) is 0 Å². The van der Waals surface area contributed by atoms with Crippen LogP contribution in [0.25, 0.3) is 0 Å². The molecule has 1 fully saturated rings. The lowest BCUT2D eigenvalue weighted by atomic mass is 10.0. The first-order valence-electron chi connectivity index (χ1n) is 8.43. The van der Waals surface area contributed by atoms with Crippen LogP contribution in [0.2, 0.25) is 10.0 Å². The zero-order valence-electron chi connectivity index (χ0n) is 14.4. The maximum atomic E-state index is 12.1. The summed E-state index contributed by atoms with van der Waals surface area (Å²) in [5, 5.41) is 4.33. The van der Waals surface area contributed by atoms with Crippen LogP contribution in [0, 0.1) is 0 Å². The standard InChI is InChI=1S/C20H22Cl2N2O/c1-24(2)10-9-23-20(25)14-5-3-13(4-6-14)17-12-18(17)16-8-7-15(21)11-19(16)22/h3-8,11,17-18H,9-10,12H2,1-2H3,(H,23,25)/t17?,18-/m0/s1. The highest BCUT2D eigenvalue weighted by molar-refractivity contribution is 6.35. The zero-order chi connectivity index (χ0) is 18.0. The Morgan fingerprint density at radius 3 is 2.48 bits per heavy atom. The first kappa shape index (κ1) is 18.2. The van der Waals surface area contributed by atoms with E-state index in [1.54, 1.807) is 6.07 Å². The molecule has 0 aromatic heterocycles. The van der Waals surface area contributed by atoms with Crippen LogP contribution in [0.3, 0.4) is 0 Å². The molecule has 132 valence electrons. The van der Waals surface area contributed by atoms with Crippen molar-refractivity contribution < 1.29 is 4.79 Å². The summed E-state index contributed by atoms with van der Waals surface area (Å²) < 4.78 is 0. The summed E-state index contributed by atoms with van der Waals surface area (Å²) in [5.74, 6) is 0.871. The molecule has 0 radical (unpaired) electrons. The molecule has 1 N–H and O–H groups in total. The van der Waals surface area contributed by atoms with Gasteiger partial charge >= 0.3 is 0 Å². The Kier molecular flexibility index (Phi) is 5.67. The third kappa shape index (κ3) is 4.55. The minimum Gasteiger partial charge on any atom is -0.351 e. The highest BCUT2D eigenvalue weighted by Crippen LogP contribution is 2.56. The van der Waals surface area contributed by atoms with Gasteiger partial charge < -0.3 is 10.2 Å². The van der Waals surface area contributed by atoms with E-state index in [0.29, 0.717) is 29.0 Å². The largest absolute Gasteiger partial charge is 0.351 e. The van der Waals surface area contributed by atoms with Crippen LogP contribution in [-0.2, 0) is 0 Å². The molecular weight excluding hydrogens is 355 g/mol. The van der Waals surface area contributed by atoms with Gasteiger partial charge in [-0.3, -0.25) is 4.79 Å². The maximum absolute atomic E-state index is 12.1. The Labute approximate surface area is 158 Å². The minimum absolute atomic E-state index is 0.0264. The van der Waals surface area contributed by atoms with Crippen molar-refractivity contribution in [3.8, 4) is 0 Å². The van der Waals surface area contributed by atoms with Crippen molar-refractivity contribution in [1.29, 1.82) is 0 Å². The number of carbonyl (C=O) groups excluding carboxylic acids is 1. The van der Waals surface area contributed by atoms with Crippen molar-refractivity contribution in [2.45, 2.75) is 18.3 Å². The van der Waals surface area contributed by atoms with Crippen molar-refractivity contribution in [1.82, 2.24) is 10.2 Å². The first-order chi connectivity index (χ1) is 12.0. The van der Waals surface area contributed by atoms with Crippen LogP contribution in [-0.4, -0.2) is 38.0 Å². The average molecular weight is 377 g/mol. The second kappa shape index (κ2) is 7.77. The Morgan fingerprint density at radius 2 is 1.84 bits per heavy atom. The molecule has 5 heteroatoms. The van der Waals surface area contributed by atoms with Gasteiger partial charge in [0.2, 0.25) is 0 Å². The molecule has 3 nitrogen and oxygen atoms in total. The summed E-state index contributed by atoms with van der Waals surface area (Å²) in [5.41, 5.74) is 3.10. The predicted octanol–water partition coefficient (Wildman–Crippen LogP) is 4.56. The molecule has 1 saturated carbocycles. The van der Waals surface area contributed by atoms with Crippen molar-refractivity contribution >= 4 is 29.1 Å². The lowest BCUT2D eigenvalue weighted by Crippen LogP contribution is -2.31. The molecule has 1 unspecified atom stereocenters. The monoisotopic (exact) mass is 376 g/mol. The topological polar surface area (TPSA) is 32.3 Å². The molecule has 0 heterocycles. The van der Waals surface area contributed by atoms with Crippen LogP contribution in [0.15, 0.2) is 42.5 Å². The van der Waals surface area contributed by atoms with Gasteiger partial charge in [-0.15, -0.1) is 0 Å². The fourth-order valence-electron chi connectivity index (χ4n) is 3.09. The zero-order valence-corrected chi connectivity index (χ0v) is 15.9. The molecule has 1 aliphatic rings. The van der Waals surface area contributed by atoms with Gasteiger partial charge in [-0.2, -0.15) is 0 Å². The van der Waals surface area contributed by atoms with Gasteiger partial charge in [0.25, 0.3) is 5.91 Å². The molecule has 2 atom stereocenters. The van der Waals surface area contributed by atoms with E-state index in [1.165, 1.54) is 5.56 Å². The Morgan fingerprint density at radius 1 is 1.12 bits per heavy atom. The highest BCUT2D eigenvalue weighted by Gasteiger charge is 2.40. The predicted molar refractivity (Wildman–Crippen MR) is 104 cm³/mol. The summed E-state index contributed by atoms with van der Waals surface area (Å²) in [4.78, 5) is 14.2. The third-order valence-corrected chi connectivity index (χ3v) is 5.16. The van der Waals surface area contributed by atoms with Gasteiger partial charge in [-0.05, 0) is 67.7 Å². The number of halogens is 2. The number of benzene rings is 2. The molecule has 1 aliphatic carbocycles. The number of hydrogen-bond donors (Lipinski definition) is 1. The first-order valence-corrected chi connectivity index (χ1v) is 9.19. The number of amides is 1.